The highest BCUT2D eigenvalue weighted by Crippen LogP contribution is 2.36. The molecule has 0 N–H and O–H groups in total. The van der Waals surface area contributed by atoms with Gasteiger partial charge in [0.2, 0.25) is 0 Å². The van der Waals surface area contributed by atoms with Crippen LogP contribution in [0.25, 0.3) is 17.1 Å². The smallest absolute Gasteiger partial charge is 0.300 e. The number of alkyl halides is 3. The van der Waals surface area contributed by atoms with E-state index in [9.17, 15) is 13.2 Å². The molecule has 0 bridgehead atoms. The van der Waals surface area contributed by atoms with E-state index in [4.69, 9.17) is 11.6 Å². The van der Waals surface area contributed by atoms with Crippen molar-refractivity contribution >= 4 is 24.0 Å². The van der Waals surface area contributed by atoms with Crippen LogP contribution >= 0.6 is 24.0 Å². The van der Waals surface area contributed by atoms with E-state index in [2.05, 4.69) is 15.1 Å². The Morgan fingerprint density at radius 3 is 2.76 bits per heavy atom. The van der Waals surface area contributed by atoms with Gasteiger partial charge < -0.3 is 4.57 Å². The summed E-state index contributed by atoms with van der Waals surface area (Å²) in [5.41, 5.74) is 2.89. The number of hydrogen-bond donors (Lipinski definition) is 0. The molecule has 2 aromatic heterocycles. The van der Waals surface area contributed by atoms with E-state index < -0.39 is 12.6 Å². The van der Waals surface area contributed by atoms with Crippen LogP contribution < -0.4 is 0 Å². The maximum atomic E-state index is 12.7. The first kappa shape index (κ1) is 17.8. The van der Waals surface area contributed by atoms with Crippen LogP contribution in [0.3, 0.4) is 0 Å². The molecule has 3 heterocycles. The zero-order valence-corrected chi connectivity index (χ0v) is 14.5. The molecular formula is C15H12Cl2F3N5. The Kier molecular flexibility index (Phi) is 4.28. The second-order valence-electron chi connectivity index (χ2n) is 5.58. The zero-order chi connectivity index (χ0) is 17.1. The summed E-state index contributed by atoms with van der Waals surface area (Å²) in [4.78, 5) is 8.39. The second-order valence-corrected chi connectivity index (χ2v) is 5.99. The Morgan fingerprint density at radius 1 is 1.28 bits per heavy atom. The summed E-state index contributed by atoms with van der Waals surface area (Å²) in [7, 11) is 0. The standard InChI is InChI=1S/C15H11ClF3N5.ClH/c1-8-11-6-24-14(21-12(22-24)5-15(17,18)19)13-9(16)3-2-4-10(13)23(11)7-20-8;/h2-4,7H,5-6H2,1H3;1H. The van der Waals surface area contributed by atoms with Crippen molar-refractivity contribution in [2.45, 2.75) is 26.1 Å². The maximum absolute atomic E-state index is 12.7. The fourth-order valence-corrected chi connectivity index (χ4v) is 3.13. The maximum Gasteiger partial charge on any atom is 0.396 e. The number of halogens is 5. The van der Waals surface area contributed by atoms with Crippen LogP contribution in [0.4, 0.5) is 13.2 Å². The summed E-state index contributed by atoms with van der Waals surface area (Å²) in [6, 6.07) is 5.29. The van der Waals surface area contributed by atoms with Gasteiger partial charge in [0, 0.05) is 0 Å². The largest absolute Gasteiger partial charge is 0.396 e. The minimum atomic E-state index is -4.37. The van der Waals surface area contributed by atoms with Crippen LogP contribution in [0.2, 0.25) is 5.02 Å². The van der Waals surface area contributed by atoms with Gasteiger partial charge in [-0.2, -0.15) is 18.3 Å². The summed E-state index contributed by atoms with van der Waals surface area (Å²) < 4.78 is 41.4. The van der Waals surface area contributed by atoms with E-state index in [1.54, 1.807) is 18.5 Å². The lowest BCUT2D eigenvalue weighted by Crippen LogP contribution is -2.13. The fourth-order valence-electron chi connectivity index (χ4n) is 2.88. The van der Waals surface area contributed by atoms with Gasteiger partial charge in [-0.1, -0.05) is 17.7 Å². The first-order valence-electron chi connectivity index (χ1n) is 7.16. The molecule has 132 valence electrons. The number of aromatic nitrogens is 5. The number of benzene rings is 1. The number of imidazole rings is 1. The van der Waals surface area contributed by atoms with Gasteiger partial charge in [-0.25, -0.2) is 14.6 Å². The quantitative estimate of drug-likeness (QED) is 0.494. The third-order valence-electron chi connectivity index (χ3n) is 3.92. The summed E-state index contributed by atoms with van der Waals surface area (Å²) >= 11 is 6.32. The molecule has 0 radical (unpaired) electrons. The molecule has 0 saturated heterocycles. The summed E-state index contributed by atoms with van der Waals surface area (Å²) in [6.07, 6.45) is -3.87. The van der Waals surface area contributed by atoms with Gasteiger partial charge in [-0.05, 0) is 19.1 Å². The summed E-state index contributed by atoms with van der Waals surface area (Å²) in [5, 5.41) is 4.44. The molecule has 0 amide bonds. The van der Waals surface area contributed by atoms with Gasteiger partial charge in [0.1, 0.15) is 6.42 Å². The van der Waals surface area contributed by atoms with Crippen molar-refractivity contribution in [1.82, 2.24) is 24.3 Å². The molecule has 0 saturated carbocycles. The van der Waals surface area contributed by atoms with E-state index in [-0.39, 0.29) is 24.8 Å². The molecule has 0 atom stereocenters. The predicted octanol–water partition coefficient (Wildman–Crippen LogP) is 3.98. The van der Waals surface area contributed by atoms with Gasteiger partial charge >= 0.3 is 6.18 Å². The molecule has 1 aliphatic rings. The third kappa shape index (κ3) is 3.00. The molecule has 5 nitrogen and oxygen atoms in total. The average molecular weight is 390 g/mol. The van der Waals surface area contributed by atoms with E-state index >= 15 is 0 Å². The van der Waals surface area contributed by atoms with Crippen LogP contribution in [0, 0.1) is 6.92 Å². The highest BCUT2D eigenvalue weighted by molar-refractivity contribution is 6.33. The molecule has 0 spiro atoms. The molecule has 3 aromatic rings. The number of fused-ring (bicyclic) bond motifs is 5. The summed E-state index contributed by atoms with van der Waals surface area (Å²) in [6.45, 7) is 2.12. The van der Waals surface area contributed by atoms with E-state index in [1.165, 1.54) is 4.68 Å². The van der Waals surface area contributed by atoms with Crippen LogP contribution in [0.5, 0.6) is 0 Å². The van der Waals surface area contributed by atoms with Crippen LogP contribution in [-0.4, -0.2) is 30.5 Å². The molecular weight excluding hydrogens is 378 g/mol. The van der Waals surface area contributed by atoms with Crippen molar-refractivity contribution in [3.8, 4) is 17.1 Å². The minimum absolute atomic E-state index is 0. The van der Waals surface area contributed by atoms with Crippen LogP contribution in [0.1, 0.15) is 17.2 Å². The van der Waals surface area contributed by atoms with Crippen LogP contribution in [0.15, 0.2) is 24.5 Å². The number of rotatable bonds is 1. The van der Waals surface area contributed by atoms with Gasteiger partial charge in [-0.3, -0.25) is 0 Å². The Bertz CT molecular complexity index is 945. The average Bonchev–Trinajstić information content (AvgIpc) is 2.99. The fraction of sp³-hybridized carbons (Fsp3) is 0.267. The Hall–Kier alpha value is -2.06. The SMILES string of the molecule is Cc1ncn2c1Cn1nc(CC(F)(F)F)nc1-c1c(Cl)cccc1-2.Cl. The number of hydrogen-bond acceptors (Lipinski definition) is 3. The molecule has 4 rings (SSSR count). The first-order chi connectivity index (χ1) is 11.3. The Morgan fingerprint density at radius 2 is 2.04 bits per heavy atom. The molecule has 0 unspecified atom stereocenters. The van der Waals surface area contributed by atoms with Gasteiger partial charge in [0.15, 0.2) is 11.6 Å². The summed E-state index contributed by atoms with van der Waals surface area (Å²) in [5.74, 6) is 0.0620. The minimum Gasteiger partial charge on any atom is -0.300 e. The first-order valence-corrected chi connectivity index (χ1v) is 7.54. The third-order valence-corrected chi connectivity index (χ3v) is 4.24. The second kappa shape index (κ2) is 6.03. The van der Waals surface area contributed by atoms with E-state index in [0.717, 1.165) is 17.1 Å². The zero-order valence-electron chi connectivity index (χ0n) is 12.9. The normalized spacial score (nSPS) is 12.7. The van der Waals surface area contributed by atoms with E-state index in [0.29, 0.717) is 16.4 Å². The monoisotopic (exact) mass is 389 g/mol. The molecule has 1 aliphatic heterocycles. The van der Waals surface area contributed by atoms with Crippen molar-refractivity contribution in [3.63, 3.8) is 0 Å². The molecule has 0 aliphatic carbocycles. The van der Waals surface area contributed by atoms with Crippen molar-refractivity contribution in [2.24, 2.45) is 0 Å². The van der Waals surface area contributed by atoms with Crippen molar-refractivity contribution in [1.29, 1.82) is 0 Å². The lowest BCUT2D eigenvalue weighted by Gasteiger charge is -2.09. The lowest BCUT2D eigenvalue weighted by molar-refractivity contribution is -0.128. The topological polar surface area (TPSA) is 48.5 Å². The van der Waals surface area contributed by atoms with Gasteiger partial charge in [-0.15, -0.1) is 12.4 Å². The highest BCUT2D eigenvalue weighted by Gasteiger charge is 2.32. The Balaban J connectivity index is 0.00000182. The van der Waals surface area contributed by atoms with Gasteiger partial charge in [0.05, 0.1) is 40.5 Å². The van der Waals surface area contributed by atoms with Crippen molar-refractivity contribution in [2.75, 3.05) is 0 Å². The predicted molar refractivity (Wildman–Crippen MR) is 88.4 cm³/mol. The molecule has 0 fully saturated rings. The van der Waals surface area contributed by atoms with Crippen LogP contribution in [-0.2, 0) is 13.0 Å². The Labute approximate surface area is 151 Å². The lowest BCUT2D eigenvalue weighted by atomic mass is 10.1. The van der Waals surface area contributed by atoms with Gasteiger partial charge in [0.25, 0.3) is 0 Å². The molecule has 10 heteroatoms. The molecule has 25 heavy (non-hydrogen) atoms. The number of nitrogens with zero attached hydrogens (tertiary/aromatic N) is 5. The van der Waals surface area contributed by atoms with Crippen molar-refractivity contribution in [3.05, 3.63) is 46.8 Å². The highest BCUT2D eigenvalue weighted by atomic mass is 35.5. The molecule has 1 aromatic carbocycles. The van der Waals surface area contributed by atoms with Crippen molar-refractivity contribution < 1.29 is 13.2 Å². The number of aryl methyl sites for hydroxylation is 1. The van der Waals surface area contributed by atoms with E-state index in [1.807, 2.05) is 17.6 Å².